The monoisotopic (exact) mass is 245 g/mol. The zero-order valence-electron chi connectivity index (χ0n) is 9.54. The molecule has 0 aromatic carbocycles. The van der Waals surface area contributed by atoms with Gasteiger partial charge in [0.25, 0.3) is 0 Å². The number of aromatic nitrogens is 3. The predicted octanol–water partition coefficient (Wildman–Crippen LogP) is 2.53. The summed E-state index contributed by atoms with van der Waals surface area (Å²) in [4.78, 5) is 23.7. The number of pyridine rings is 1. The molecule has 0 aliphatic rings. The van der Waals surface area contributed by atoms with Crippen LogP contribution in [0, 0.1) is 6.92 Å². The van der Waals surface area contributed by atoms with Crippen LogP contribution >= 0.6 is 11.8 Å². The summed E-state index contributed by atoms with van der Waals surface area (Å²) >= 11 is 1.34. The van der Waals surface area contributed by atoms with E-state index in [9.17, 15) is 4.79 Å². The summed E-state index contributed by atoms with van der Waals surface area (Å²) in [5.41, 5.74) is 1.66. The van der Waals surface area contributed by atoms with Gasteiger partial charge in [-0.3, -0.25) is 4.79 Å². The number of carbonyl (C=O) groups is 1. The molecule has 17 heavy (non-hydrogen) atoms. The van der Waals surface area contributed by atoms with Crippen molar-refractivity contribution in [2.75, 3.05) is 0 Å². The van der Waals surface area contributed by atoms with Gasteiger partial charge in [-0.1, -0.05) is 0 Å². The molecule has 0 aliphatic carbocycles. The Kier molecular flexibility index (Phi) is 3.49. The van der Waals surface area contributed by atoms with Crippen LogP contribution in [-0.2, 0) is 0 Å². The highest BCUT2D eigenvalue weighted by atomic mass is 32.2. The van der Waals surface area contributed by atoms with Gasteiger partial charge < -0.3 is 0 Å². The summed E-state index contributed by atoms with van der Waals surface area (Å²) in [6.07, 6.45) is 5.13. The topological polar surface area (TPSA) is 55.7 Å². The van der Waals surface area contributed by atoms with E-state index < -0.39 is 0 Å². The SMILES string of the molecule is CC(=O)c1ccnc(Sc2ncc(C)cn2)c1. The van der Waals surface area contributed by atoms with E-state index in [2.05, 4.69) is 15.0 Å². The molecule has 0 unspecified atom stereocenters. The van der Waals surface area contributed by atoms with Gasteiger partial charge in [-0.05, 0) is 43.3 Å². The van der Waals surface area contributed by atoms with Crippen LogP contribution in [0.3, 0.4) is 0 Å². The standard InChI is InChI=1S/C12H11N3OS/c1-8-6-14-12(15-7-8)17-11-5-10(9(2)16)3-4-13-11/h3-7H,1-2H3. The van der Waals surface area contributed by atoms with Gasteiger partial charge in [-0.2, -0.15) is 0 Å². The van der Waals surface area contributed by atoms with Crippen molar-refractivity contribution in [3.8, 4) is 0 Å². The lowest BCUT2D eigenvalue weighted by molar-refractivity contribution is 0.101. The van der Waals surface area contributed by atoms with Crippen LogP contribution in [0.1, 0.15) is 22.8 Å². The number of ketones is 1. The maximum absolute atomic E-state index is 11.2. The van der Waals surface area contributed by atoms with Crippen molar-refractivity contribution in [1.29, 1.82) is 0 Å². The molecule has 2 aromatic rings. The summed E-state index contributed by atoms with van der Waals surface area (Å²) in [6, 6.07) is 3.44. The number of hydrogen-bond acceptors (Lipinski definition) is 5. The molecule has 0 radical (unpaired) electrons. The molecule has 2 rings (SSSR count). The fourth-order valence-electron chi connectivity index (χ4n) is 1.21. The van der Waals surface area contributed by atoms with Crippen LogP contribution in [0.15, 0.2) is 40.9 Å². The van der Waals surface area contributed by atoms with E-state index >= 15 is 0 Å². The molecule has 0 N–H and O–H groups in total. The maximum atomic E-state index is 11.2. The van der Waals surface area contributed by atoms with Crippen LogP contribution < -0.4 is 0 Å². The summed E-state index contributed by atoms with van der Waals surface area (Å²) in [5.74, 6) is 0.0269. The van der Waals surface area contributed by atoms with Crippen molar-refractivity contribution in [2.45, 2.75) is 24.0 Å². The molecule has 86 valence electrons. The van der Waals surface area contributed by atoms with Crippen molar-refractivity contribution in [3.05, 3.63) is 41.9 Å². The molecule has 0 saturated heterocycles. The second-order valence-corrected chi connectivity index (χ2v) is 4.57. The smallest absolute Gasteiger partial charge is 0.193 e. The van der Waals surface area contributed by atoms with E-state index in [0.717, 1.165) is 10.6 Å². The first kappa shape index (κ1) is 11.7. The summed E-state index contributed by atoms with van der Waals surface area (Å²) in [7, 11) is 0. The van der Waals surface area contributed by atoms with Crippen molar-refractivity contribution >= 4 is 17.5 Å². The van der Waals surface area contributed by atoms with Crippen LogP contribution in [0.4, 0.5) is 0 Å². The summed E-state index contributed by atoms with van der Waals surface area (Å²) in [5, 5.41) is 1.35. The molecular formula is C12H11N3OS. The highest BCUT2D eigenvalue weighted by Gasteiger charge is 2.05. The molecule has 2 aromatic heterocycles. The van der Waals surface area contributed by atoms with E-state index in [-0.39, 0.29) is 5.78 Å². The van der Waals surface area contributed by atoms with Gasteiger partial charge >= 0.3 is 0 Å². The number of rotatable bonds is 3. The first-order valence-electron chi connectivity index (χ1n) is 5.08. The minimum atomic E-state index is 0.0269. The van der Waals surface area contributed by atoms with E-state index in [1.165, 1.54) is 18.7 Å². The second kappa shape index (κ2) is 5.05. The Labute approximate surface area is 104 Å². The van der Waals surface area contributed by atoms with E-state index in [4.69, 9.17) is 0 Å². The quantitative estimate of drug-likeness (QED) is 0.614. The fourth-order valence-corrected chi connectivity index (χ4v) is 1.91. The molecular weight excluding hydrogens is 234 g/mol. The Bertz CT molecular complexity index is 540. The normalized spacial score (nSPS) is 10.2. The lowest BCUT2D eigenvalue weighted by atomic mass is 10.2. The van der Waals surface area contributed by atoms with Gasteiger partial charge in [0.2, 0.25) is 0 Å². The van der Waals surface area contributed by atoms with Gasteiger partial charge in [-0.25, -0.2) is 15.0 Å². The maximum Gasteiger partial charge on any atom is 0.193 e. The zero-order valence-corrected chi connectivity index (χ0v) is 10.4. The molecule has 0 amide bonds. The Morgan fingerprint density at radius 2 is 1.94 bits per heavy atom. The molecule has 0 saturated carbocycles. The van der Waals surface area contributed by atoms with Crippen LogP contribution in [0.2, 0.25) is 0 Å². The largest absolute Gasteiger partial charge is 0.295 e. The summed E-state index contributed by atoms with van der Waals surface area (Å²) in [6.45, 7) is 3.47. The van der Waals surface area contributed by atoms with Gasteiger partial charge in [0, 0.05) is 24.2 Å². The third-order valence-corrected chi connectivity index (χ3v) is 2.92. The van der Waals surface area contributed by atoms with E-state index in [1.807, 2.05) is 6.92 Å². The predicted molar refractivity (Wildman–Crippen MR) is 65.1 cm³/mol. The fraction of sp³-hybridized carbons (Fsp3) is 0.167. The van der Waals surface area contributed by atoms with Gasteiger partial charge in [0.1, 0.15) is 5.03 Å². The van der Waals surface area contributed by atoms with Crippen molar-refractivity contribution in [3.63, 3.8) is 0 Å². The Balaban J connectivity index is 2.21. The molecule has 0 fully saturated rings. The Morgan fingerprint density at radius 3 is 2.59 bits per heavy atom. The van der Waals surface area contributed by atoms with Crippen molar-refractivity contribution in [2.24, 2.45) is 0 Å². The van der Waals surface area contributed by atoms with E-state index in [1.54, 1.807) is 30.7 Å². The van der Waals surface area contributed by atoms with Crippen molar-refractivity contribution < 1.29 is 4.79 Å². The molecule has 4 nitrogen and oxygen atoms in total. The highest BCUT2D eigenvalue weighted by Crippen LogP contribution is 2.22. The van der Waals surface area contributed by atoms with Crippen molar-refractivity contribution in [1.82, 2.24) is 15.0 Å². The summed E-state index contributed by atoms with van der Waals surface area (Å²) < 4.78 is 0. The lowest BCUT2D eigenvalue weighted by Crippen LogP contribution is -1.94. The lowest BCUT2D eigenvalue weighted by Gasteiger charge is -2.01. The average molecular weight is 245 g/mol. The molecule has 0 aliphatic heterocycles. The van der Waals surface area contributed by atoms with Crippen LogP contribution in [-0.4, -0.2) is 20.7 Å². The second-order valence-electron chi connectivity index (χ2n) is 3.58. The number of hydrogen-bond donors (Lipinski definition) is 0. The van der Waals surface area contributed by atoms with Gasteiger partial charge in [-0.15, -0.1) is 0 Å². The minimum Gasteiger partial charge on any atom is -0.295 e. The Hall–Kier alpha value is -1.75. The zero-order chi connectivity index (χ0) is 12.3. The number of aryl methyl sites for hydroxylation is 1. The first-order valence-corrected chi connectivity index (χ1v) is 5.90. The van der Waals surface area contributed by atoms with Gasteiger partial charge in [0.15, 0.2) is 10.9 Å². The molecule has 2 heterocycles. The van der Waals surface area contributed by atoms with E-state index in [0.29, 0.717) is 10.7 Å². The van der Waals surface area contributed by atoms with Crippen LogP contribution in [0.5, 0.6) is 0 Å². The van der Waals surface area contributed by atoms with Crippen LogP contribution in [0.25, 0.3) is 0 Å². The molecule has 0 bridgehead atoms. The molecule has 0 spiro atoms. The molecule has 0 atom stereocenters. The van der Waals surface area contributed by atoms with Gasteiger partial charge in [0.05, 0.1) is 0 Å². The minimum absolute atomic E-state index is 0.0269. The number of nitrogens with zero attached hydrogens (tertiary/aromatic N) is 3. The molecule has 5 heteroatoms. The highest BCUT2D eigenvalue weighted by molar-refractivity contribution is 7.99. The Morgan fingerprint density at radius 1 is 1.24 bits per heavy atom. The third-order valence-electron chi connectivity index (χ3n) is 2.09. The third kappa shape index (κ3) is 3.10. The number of carbonyl (C=O) groups excluding carboxylic acids is 1. The number of Topliss-reactive ketones (excluding diaryl/α,β-unsaturated/α-hetero) is 1. The first-order chi connectivity index (χ1) is 8.15. The average Bonchev–Trinajstić information content (AvgIpc) is 2.32.